The van der Waals surface area contributed by atoms with Crippen LogP contribution in [-0.4, -0.2) is 44.9 Å². The maximum Gasteiger partial charge on any atom is 0.501 e. The quantitative estimate of drug-likeness (QED) is 0.780. The van der Waals surface area contributed by atoms with Gasteiger partial charge >= 0.3 is 5.51 Å². The van der Waals surface area contributed by atoms with Gasteiger partial charge in [-0.2, -0.15) is 13.2 Å². The van der Waals surface area contributed by atoms with Gasteiger partial charge < -0.3 is 9.80 Å². The van der Waals surface area contributed by atoms with Crippen LogP contribution >= 0.6 is 0 Å². The van der Waals surface area contributed by atoms with Crippen molar-refractivity contribution in [2.75, 3.05) is 25.0 Å². The number of nitrogens with zero attached hydrogens (tertiary/aromatic N) is 2. The number of benzene rings is 2. The van der Waals surface area contributed by atoms with Crippen LogP contribution in [0.5, 0.6) is 0 Å². The number of alkyl halides is 3. The van der Waals surface area contributed by atoms with Crippen molar-refractivity contribution in [2.45, 2.75) is 16.9 Å². The van der Waals surface area contributed by atoms with Crippen LogP contribution in [-0.2, 0) is 16.4 Å². The van der Waals surface area contributed by atoms with Gasteiger partial charge in [0, 0.05) is 37.9 Å². The fourth-order valence-corrected chi connectivity index (χ4v) is 3.72. The largest absolute Gasteiger partial charge is 0.501 e. The van der Waals surface area contributed by atoms with Crippen LogP contribution in [0.3, 0.4) is 0 Å². The summed E-state index contributed by atoms with van der Waals surface area (Å²) in [5.41, 5.74) is -3.27. The average Bonchev–Trinajstić information content (AvgIpc) is 2.80. The normalized spacial score (nSPS) is 15.3. The number of para-hydroxylation sites is 1. The van der Waals surface area contributed by atoms with Crippen LogP contribution in [0.4, 0.5) is 18.9 Å². The third kappa shape index (κ3) is 3.64. The van der Waals surface area contributed by atoms with Crippen molar-refractivity contribution in [3.8, 4) is 0 Å². The summed E-state index contributed by atoms with van der Waals surface area (Å²) >= 11 is 0. The zero-order valence-electron chi connectivity index (χ0n) is 14.4. The van der Waals surface area contributed by atoms with Crippen molar-refractivity contribution in [1.29, 1.82) is 0 Å². The highest BCUT2D eigenvalue weighted by Gasteiger charge is 2.46. The molecule has 1 heterocycles. The van der Waals surface area contributed by atoms with Gasteiger partial charge in [0.05, 0.1) is 4.90 Å². The second kappa shape index (κ2) is 6.88. The van der Waals surface area contributed by atoms with Crippen LogP contribution in [0.25, 0.3) is 0 Å². The molecule has 0 aliphatic carbocycles. The lowest BCUT2D eigenvalue weighted by Crippen LogP contribution is -2.34. The maximum absolute atomic E-state index is 12.8. The Labute approximate surface area is 154 Å². The van der Waals surface area contributed by atoms with Crippen LogP contribution in [0.2, 0.25) is 0 Å². The highest BCUT2D eigenvalue weighted by atomic mass is 32.2. The first-order valence-electron chi connectivity index (χ1n) is 8.11. The second-order valence-corrected chi connectivity index (χ2v) is 8.19. The minimum absolute atomic E-state index is 0.137. The lowest BCUT2D eigenvalue weighted by atomic mass is 10.1. The Morgan fingerprint density at radius 1 is 1.00 bits per heavy atom. The highest BCUT2D eigenvalue weighted by Crippen LogP contribution is 2.30. The second-order valence-electron chi connectivity index (χ2n) is 6.25. The summed E-state index contributed by atoms with van der Waals surface area (Å²) in [6, 6.07) is 11.5. The van der Waals surface area contributed by atoms with E-state index in [0.717, 1.165) is 35.5 Å². The Balaban J connectivity index is 1.85. The van der Waals surface area contributed by atoms with E-state index >= 15 is 0 Å². The van der Waals surface area contributed by atoms with E-state index in [-0.39, 0.29) is 11.5 Å². The Morgan fingerprint density at radius 3 is 2.26 bits per heavy atom. The first-order valence-corrected chi connectivity index (χ1v) is 9.59. The predicted molar refractivity (Wildman–Crippen MR) is 94.1 cm³/mol. The minimum atomic E-state index is -5.43. The van der Waals surface area contributed by atoms with E-state index in [9.17, 15) is 26.4 Å². The molecular weight excluding hydrogens is 381 g/mol. The van der Waals surface area contributed by atoms with E-state index in [0.29, 0.717) is 19.6 Å². The van der Waals surface area contributed by atoms with Crippen molar-refractivity contribution >= 4 is 21.4 Å². The number of likely N-dealkylation sites (N-methyl/N-ethyl adjacent to an activating group) is 1. The maximum atomic E-state index is 12.8. The first kappa shape index (κ1) is 19.2. The summed E-state index contributed by atoms with van der Waals surface area (Å²) in [7, 11) is -3.51. The molecule has 3 rings (SSSR count). The fraction of sp³-hybridized carbons (Fsp3) is 0.278. The molecule has 0 fully saturated rings. The van der Waals surface area contributed by atoms with Crippen molar-refractivity contribution in [3.63, 3.8) is 0 Å². The molecule has 0 bridgehead atoms. The van der Waals surface area contributed by atoms with E-state index in [2.05, 4.69) is 0 Å². The van der Waals surface area contributed by atoms with Gasteiger partial charge in [0.25, 0.3) is 15.7 Å². The van der Waals surface area contributed by atoms with E-state index < -0.39 is 20.2 Å². The minimum Gasteiger partial charge on any atom is -0.373 e. The molecule has 0 atom stereocenters. The van der Waals surface area contributed by atoms with Crippen molar-refractivity contribution in [3.05, 3.63) is 59.7 Å². The molecule has 5 nitrogen and oxygen atoms in total. The molecule has 144 valence electrons. The van der Waals surface area contributed by atoms with Gasteiger partial charge in [-0.15, -0.1) is 0 Å². The number of hydrogen-bond acceptors (Lipinski definition) is 4. The number of hydrogen-bond donors (Lipinski definition) is 0. The monoisotopic (exact) mass is 398 g/mol. The van der Waals surface area contributed by atoms with Crippen LogP contribution in [0.1, 0.15) is 15.9 Å². The number of sulfone groups is 1. The lowest BCUT2D eigenvalue weighted by molar-refractivity contribution is -0.0436. The Kier molecular flexibility index (Phi) is 4.90. The number of amides is 1. The van der Waals surface area contributed by atoms with Crippen molar-refractivity contribution in [1.82, 2.24) is 4.90 Å². The van der Waals surface area contributed by atoms with Gasteiger partial charge in [0.15, 0.2) is 0 Å². The smallest absolute Gasteiger partial charge is 0.373 e. The molecule has 9 heteroatoms. The molecule has 1 aliphatic rings. The van der Waals surface area contributed by atoms with E-state index in [4.69, 9.17) is 0 Å². The van der Waals surface area contributed by atoms with Crippen LogP contribution < -0.4 is 4.90 Å². The Bertz CT molecular complexity index is 957. The number of fused-ring (bicyclic) bond motifs is 1. The number of rotatable bonds is 2. The van der Waals surface area contributed by atoms with Gasteiger partial charge in [-0.05, 0) is 35.9 Å². The fourth-order valence-electron chi connectivity index (χ4n) is 2.96. The number of carbonyl (C=O) groups excluding carboxylic acids is 1. The van der Waals surface area contributed by atoms with Crippen molar-refractivity contribution in [2.24, 2.45) is 0 Å². The topological polar surface area (TPSA) is 57.7 Å². The van der Waals surface area contributed by atoms with E-state index in [1.54, 1.807) is 4.90 Å². The molecule has 2 aromatic rings. The Hall–Kier alpha value is -2.55. The van der Waals surface area contributed by atoms with Gasteiger partial charge in [-0.3, -0.25) is 4.79 Å². The van der Waals surface area contributed by atoms with Crippen LogP contribution in [0, 0.1) is 0 Å². The summed E-state index contributed by atoms with van der Waals surface area (Å²) in [6.07, 6.45) is 0. The van der Waals surface area contributed by atoms with Gasteiger partial charge in [-0.1, -0.05) is 18.2 Å². The molecule has 0 saturated heterocycles. The molecular formula is C18H17F3N2O3S. The van der Waals surface area contributed by atoms with Crippen molar-refractivity contribution < 1.29 is 26.4 Å². The summed E-state index contributed by atoms with van der Waals surface area (Å²) in [5.74, 6) is -0.365. The van der Waals surface area contributed by atoms with E-state index in [1.807, 2.05) is 36.2 Å². The summed E-state index contributed by atoms with van der Waals surface area (Å²) in [5, 5.41) is 0. The molecule has 0 radical (unpaired) electrons. The molecule has 1 aliphatic heterocycles. The zero-order chi connectivity index (χ0) is 19.8. The number of anilines is 1. The number of halogens is 3. The zero-order valence-corrected chi connectivity index (χ0v) is 15.2. The Morgan fingerprint density at radius 2 is 1.63 bits per heavy atom. The van der Waals surface area contributed by atoms with E-state index in [1.165, 1.54) is 0 Å². The first-order chi connectivity index (χ1) is 12.6. The molecule has 0 saturated carbocycles. The molecule has 2 aromatic carbocycles. The summed E-state index contributed by atoms with van der Waals surface area (Å²) < 4.78 is 60.7. The van der Waals surface area contributed by atoms with Gasteiger partial charge in [0.2, 0.25) is 0 Å². The molecule has 0 N–H and O–H groups in total. The SMILES string of the molecule is CN1CCN(C(=O)c2ccc(S(=O)(=O)C(F)(F)F)cc2)Cc2ccccc21. The average molecular weight is 398 g/mol. The molecule has 0 unspecified atom stereocenters. The third-order valence-electron chi connectivity index (χ3n) is 4.47. The number of carbonyl (C=O) groups is 1. The predicted octanol–water partition coefficient (Wildman–Crippen LogP) is 3.07. The molecule has 0 aromatic heterocycles. The standard InChI is InChI=1S/C18H17F3N2O3S/c1-22-10-11-23(12-14-4-2-3-5-16(14)22)17(24)13-6-8-15(9-7-13)27(25,26)18(19,20)21/h2-9H,10-12H2,1H3. The van der Waals surface area contributed by atoms with Crippen LogP contribution in [0.15, 0.2) is 53.4 Å². The molecule has 1 amide bonds. The summed E-state index contributed by atoms with van der Waals surface area (Å²) in [4.78, 5) is 15.5. The molecule has 0 spiro atoms. The third-order valence-corrected chi connectivity index (χ3v) is 5.98. The van der Waals surface area contributed by atoms with Gasteiger partial charge in [-0.25, -0.2) is 8.42 Å². The van der Waals surface area contributed by atoms with Gasteiger partial charge in [0.1, 0.15) is 0 Å². The highest BCUT2D eigenvalue weighted by molar-refractivity contribution is 7.92. The summed E-state index contributed by atoms with van der Waals surface area (Å²) in [6.45, 7) is 1.40. The molecule has 27 heavy (non-hydrogen) atoms. The lowest BCUT2D eigenvalue weighted by Gasteiger charge is -2.21.